The van der Waals surface area contributed by atoms with E-state index in [2.05, 4.69) is 4.72 Å². The SMILES string of the molecule is CCCS(=O)(=O)NCC(O)CC(C)(C)C. The zero-order valence-electron chi connectivity index (χ0n) is 10.1. The first-order valence-electron chi connectivity index (χ1n) is 5.32. The second-order valence-electron chi connectivity index (χ2n) is 5.09. The second-order valence-corrected chi connectivity index (χ2v) is 7.01. The van der Waals surface area contributed by atoms with Crippen LogP contribution >= 0.6 is 0 Å². The smallest absolute Gasteiger partial charge is 0.211 e. The number of aliphatic hydroxyl groups excluding tert-OH is 1. The lowest BCUT2D eigenvalue weighted by atomic mass is 9.89. The topological polar surface area (TPSA) is 66.4 Å². The largest absolute Gasteiger partial charge is 0.392 e. The molecule has 0 spiro atoms. The quantitative estimate of drug-likeness (QED) is 0.727. The lowest BCUT2D eigenvalue weighted by Gasteiger charge is -2.22. The van der Waals surface area contributed by atoms with Crippen molar-refractivity contribution in [1.82, 2.24) is 4.72 Å². The van der Waals surface area contributed by atoms with E-state index in [4.69, 9.17) is 0 Å². The summed E-state index contributed by atoms with van der Waals surface area (Å²) in [5.74, 6) is 0.120. The molecule has 5 heteroatoms. The highest BCUT2D eigenvalue weighted by Gasteiger charge is 2.18. The van der Waals surface area contributed by atoms with Gasteiger partial charge in [-0.2, -0.15) is 0 Å². The molecule has 0 heterocycles. The molecule has 0 rings (SSSR count). The Morgan fingerprint density at radius 2 is 1.87 bits per heavy atom. The molecule has 15 heavy (non-hydrogen) atoms. The maximum absolute atomic E-state index is 11.3. The van der Waals surface area contributed by atoms with Crippen molar-refractivity contribution in [2.75, 3.05) is 12.3 Å². The Kier molecular flexibility index (Phi) is 5.77. The summed E-state index contributed by atoms with van der Waals surface area (Å²) in [4.78, 5) is 0. The van der Waals surface area contributed by atoms with E-state index in [1.807, 2.05) is 27.7 Å². The molecule has 0 aliphatic heterocycles. The molecule has 0 aromatic rings. The Hall–Kier alpha value is -0.130. The van der Waals surface area contributed by atoms with Gasteiger partial charge in [-0.25, -0.2) is 13.1 Å². The van der Waals surface area contributed by atoms with E-state index in [9.17, 15) is 13.5 Å². The third-order valence-corrected chi connectivity index (χ3v) is 3.41. The Balaban J connectivity index is 3.96. The van der Waals surface area contributed by atoms with Crippen LogP contribution in [0.3, 0.4) is 0 Å². The maximum Gasteiger partial charge on any atom is 0.211 e. The minimum absolute atomic E-state index is 0.00954. The van der Waals surface area contributed by atoms with Gasteiger partial charge in [0.15, 0.2) is 0 Å². The lowest BCUT2D eigenvalue weighted by molar-refractivity contribution is 0.125. The lowest BCUT2D eigenvalue weighted by Crippen LogP contribution is -2.35. The molecule has 0 aromatic carbocycles. The zero-order valence-corrected chi connectivity index (χ0v) is 10.9. The molecular weight excluding hydrogens is 214 g/mol. The molecule has 2 N–H and O–H groups in total. The Bertz CT molecular complexity index is 267. The summed E-state index contributed by atoms with van der Waals surface area (Å²) in [5.41, 5.74) is 0.00954. The first-order chi connectivity index (χ1) is 6.66. The molecule has 4 nitrogen and oxygen atoms in total. The molecule has 92 valence electrons. The van der Waals surface area contributed by atoms with Crippen molar-refractivity contribution in [3.8, 4) is 0 Å². The van der Waals surface area contributed by atoms with Crippen molar-refractivity contribution in [3.05, 3.63) is 0 Å². The molecule has 0 saturated carbocycles. The van der Waals surface area contributed by atoms with E-state index in [0.717, 1.165) is 0 Å². The van der Waals surface area contributed by atoms with Crippen molar-refractivity contribution < 1.29 is 13.5 Å². The van der Waals surface area contributed by atoms with Gasteiger partial charge in [-0.3, -0.25) is 0 Å². The van der Waals surface area contributed by atoms with Crippen molar-refractivity contribution in [1.29, 1.82) is 0 Å². The standard InChI is InChI=1S/C10H23NO3S/c1-5-6-15(13,14)11-8-9(12)7-10(2,3)4/h9,11-12H,5-8H2,1-4H3. The molecule has 0 saturated heterocycles. The van der Waals surface area contributed by atoms with Gasteiger partial charge in [0.2, 0.25) is 10.0 Å². The summed E-state index contributed by atoms with van der Waals surface area (Å²) in [6.45, 7) is 7.95. The molecule has 0 aromatic heterocycles. The average molecular weight is 237 g/mol. The van der Waals surface area contributed by atoms with Gasteiger partial charge in [0.05, 0.1) is 11.9 Å². The van der Waals surface area contributed by atoms with Crippen molar-refractivity contribution in [2.24, 2.45) is 5.41 Å². The number of sulfonamides is 1. The van der Waals surface area contributed by atoms with Crippen molar-refractivity contribution >= 4 is 10.0 Å². The summed E-state index contributed by atoms with van der Waals surface area (Å²) in [6.07, 6.45) is 0.559. The molecule has 0 amide bonds. The van der Waals surface area contributed by atoms with Crippen molar-refractivity contribution in [2.45, 2.75) is 46.6 Å². The summed E-state index contributed by atoms with van der Waals surface area (Å²) in [6, 6.07) is 0. The zero-order chi connectivity index (χ0) is 12.1. The first-order valence-corrected chi connectivity index (χ1v) is 6.97. The van der Waals surface area contributed by atoms with Crippen LogP contribution in [0.2, 0.25) is 0 Å². The van der Waals surface area contributed by atoms with E-state index in [1.54, 1.807) is 0 Å². The van der Waals surface area contributed by atoms with Crippen LogP contribution in [0, 0.1) is 5.41 Å². The van der Waals surface area contributed by atoms with Crippen LogP contribution < -0.4 is 4.72 Å². The molecule has 1 atom stereocenters. The van der Waals surface area contributed by atoms with Crippen LogP contribution in [0.15, 0.2) is 0 Å². The third-order valence-electron chi connectivity index (χ3n) is 1.86. The van der Waals surface area contributed by atoms with Gasteiger partial charge in [-0.1, -0.05) is 27.7 Å². The van der Waals surface area contributed by atoms with E-state index in [-0.39, 0.29) is 17.7 Å². The number of nitrogens with one attached hydrogen (secondary N) is 1. The number of rotatable bonds is 6. The van der Waals surface area contributed by atoms with Gasteiger partial charge in [0.1, 0.15) is 0 Å². The fourth-order valence-corrected chi connectivity index (χ4v) is 2.47. The number of hydrogen-bond acceptors (Lipinski definition) is 3. The predicted octanol–water partition coefficient (Wildman–Crippen LogP) is 1.11. The summed E-state index contributed by atoms with van der Waals surface area (Å²) in [5, 5.41) is 9.59. The van der Waals surface area contributed by atoms with Crippen LogP contribution in [0.5, 0.6) is 0 Å². The van der Waals surface area contributed by atoms with Gasteiger partial charge in [-0.05, 0) is 18.3 Å². The maximum atomic E-state index is 11.3. The summed E-state index contributed by atoms with van der Waals surface area (Å²) < 4.78 is 25.0. The van der Waals surface area contributed by atoms with Crippen LogP contribution in [0.25, 0.3) is 0 Å². The van der Waals surface area contributed by atoms with E-state index < -0.39 is 16.1 Å². The van der Waals surface area contributed by atoms with Crippen LogP contribution in [-0.4, -0.2) is 31.9 Å². The van der Waals surface area contributed by atoms with Crippen LogP contribution in [0.1, 0.15) is 40.5 Å². The number of hydrogen-bond donors (Lipinski definition) is 2. The summed E-state index contributed by atoms with van der Waals surface area (Å²) in [7, 11) is -3.19. The van der Waals surface area contributed by atoms with E-state index in [1.165, 1.54) is 0 Å². The normalized spacial score (nSPS) is 15.3. The minimum atomic E-state index is -3.19. The summed E-state index contributed by atoms with van der Waals surface area (Å²) >= 11 is 0. The highest BCUT2D eigenvalue weighted by atomic mass is 32.2. The molecule has 0 fully saturated rings. The average Bonchev–Trinajstić information content (AvgIpc) is 1.98. The Labute approximate surface area is 93.1 Å². The molecule has 1 unspecified atom stereocenters. The van der Waals surface area contributed by atoms with E-state index >= 15 is 0 Å². The monoisotopic (exact) mass is 237 g/mol. The molecule has 0 aliphatic carbocycles. The van der Waals surface area contributed by atoms with Crippen LogP contribution in [0.4, 0.5) is 0 Å². The first kappa shape index (κ1) is 14.9. The van der Waals surface area contributed by atoms with Gasteiger partial charge in [0, 0.05) is 6.54 Å². The van der Waals surface area contributed by atoms with Gasteiger partial charge in [0.25, 0.3) is 0 Å². The van der Waals surface area contributed by atoms with Crippen molar-refractivity contribution in [3.63, 3.8) is 0 Å². The Morgan fingerprint density at radius 3 is 2.27 bits per heavy atom. The molecule has 0 bridgehead atoms. The van der Waals surface area contributed by atoms with Gasteiger partial charge < -0.3 is 5.11 Å². The third kappa shape index (κ3) is 8.84. The van der Waals surface area contributed by atoms with Crippen LogP contribution in [-0.2, 0) is 10.0 Å². The number of aliphatic hydroxyl groups is 1. The molecule has 0 aliphatic rings. The molecular formula is C10H23NO3S. The highest BCUT2D eigenvalue weighted by Crippen LogP contribution is 2.20. The van der Waals surface area contributed by atoms with Gasteiger partial charge in [-0.15, -0.1) is 0 Å². The predicted molar refractivity (Wildman–Crippen MR) is 62.2 cm³/mol. The fourth-order valence-electron chi connectivity index (χ4n) is 1.34. The highest BCUT2D eigenvalue weighted by molar-refractivity contribution is 7.89. The van der Waals surface area contributed by atoms with E-state index in [0.29, 0.717) is 12.8 Å². The minimum Gasteiger partial charge on any atom is -0.392 e. The molecule has 0 radical (unpaired) electrons. The Morgan fingerprint density at radius 1 is 1.33 bits per heavy atom. The second kappa shape index (κ2) is 5.82. The van der Waals surface area contributed by atoms with Gasteiger partial charge >= 0.3 is 0 Å². The fraction of sp³-hybridized carbons (Fsp3) is 1.00.